The highest BCUT2D eigenvalue weighted by Gasteiger charge is 2.51. The Morgan fingerprint density at radius 1 is 1.32 bits per heavy atom. The van der Waals surface area contributed by atoms with Crippen LogP contribution in [0.5, 0.6) is 0 Å². The minimum absolute atomic E-state index is 0.0133. The van der Waals surface area contributed by atoms with E-state index in [0.29, 0.717) is 5.92 Å². The lowest BCUT2D eigenvalue weighted by atomic mass is 9.75. The predicted molar refractivity (Wildman–Crippen MR) is 73.2 cm³/mol. The second-order valence-corrected chi connectivity index (χ2v) is 5.93. The first-order valence-electron chi connectivity index (χ1n) is 7.19. The van der Waals surface area contributed by atoms with Gasteiger partial charge in [0.2, 0.25) is 0 Å². The number of hydrogen-bond acceptors (Lipinski definition) is 4. The molecule has 2 bridgehead atoms. The Morgan fingerprint density at radius 3 is 2.89 bits per heavy atom. The maximum atomic E-state index is 6.30. The number of piperidine rings is 3. The van der Waals surface area contributed by atoms with Gasteiger partial charge in [-0.15, -0.1) is 0 Å². The molecule has 4 heteroatoms. The van der Waals surface area contributed by atoms with Gasteiger partial charge in [0.1, 0.15) is 5.60 Å². The van der Waals surface area contributed by atoms with Gasteiger partial charge in [0, 0.05) is 24.4 Å². The maximum absolute atomic E-state index is 6.30. The fourth-order valence-electron chi connectivity index (χ4n) is 3.69. The largest absolute Gasteiger partial charge is 0.471 e. The van der Waals surface area contributed by atoms with E-state index in [0.717, 1.165) is 31.1 Å². The first kappa shape index (κ1) is 11.4. The quantitative estimate of drug-likeness (QED) is 0.806. The topological polar surface area (TPSA) is 37.7 Å². The van der Waals surface area contributed by atoms with E-state index in [9.17, 15) is 0 Å². The van der Waals surface area contributed by atoms with Gasteiger partial charge >= 0.3 is 0 Å². The van der Waals surface area contributed by atoms with E-state index in [2.05, 4.69) is 14.9 Å². The molecule has 1 aromatic rings. The Hall–Kier alpha value is -1.42. The normalized spacial score (nSPS) is 36.3. The van der Waals surface area contributed by atoms with Crippen LogP contribution in [0.3, 0.4) is 0 Å². The number of aromatic nitrogens is 1. The van der Waals surface area contributed by atoms with Crippen LogP contribution in [-0.2, 0) is 11.2 Å². The minimum atomic E-state index is -0.0133. The minimum Gasteiger partial charge on any atom is -0.471 e. The third kappa shape index (κ3) is 1.94. The fourth-order valence-corrected chi connectivity index (χ4v) is 3.69. The number of fused-ring (bicyclic) bond motifs is 2. The highest BCUT2D eigenvalue weighted by molar-refractivity contribution is 5.80. The van der Waals surface area contributed by atoms with Crippen LogP contribution in [0.15, 0.2) is 29.4 Å². The van der Waals surface area contributed by atoms with Gasteiger partial charge in [0.15, 0.2) is 5.90 Å². The average molecular weight is 257 g/mol. The van der Waals surface area contributed by atoms with E-state index >= 15 is 0 Å². The zero-order valence-electron chi connectivity index (χ0n) is 11.1. The molecule has 1 aromatic heterocycles. The van der Waals surface area contributed by atoms with Crippen molar-refractivity contribution in [1.82, 2.24) is 9.88 Å². The summed E-state index contributed by atoms with van der Waals surface area (Å²) in [5, 5.41) is 0. The average Bonchev–Trinajstić information content (AvgIpc) is 2.84. The molecular formula is C15H19N3O. The van der Waals surface area contributed by atoms with Crippen molar-refractivity contribution >= 4 is 5.90 Å². The van der Waals surface area contributed by atoms with Crippen LogP contribution >= 0.6 is 0 Å². The lowest BCUT2D eigenvalue weighted by Crippen LogP contribution is -2.60. The van der Waals surface area contributed by atoms with Gasteiger partial charge < -0.3 is 4.74 Å². The molecule has 3 saturated heterocycles. The zero-order chi connectivity index (χ0) is 12.7. The summed E-state index contributed by atoms with van der Waals surface area (Å²) >= 11 is 0. The molecule has 0 N–H and O–H groups in total. The Bertz CT molecular complexity index is 493. The van der Waals surface area contributed by atoms with E-state index in [1.54, 1.807) is 0 Å². The lowest BCUT2D eigenvalue weighted by molar-refractivity contribution is -0.0837. The molecular weight excluding hydrogens is 238 g/mol. The number of pyridine rings is 1. The molecule has 1 unspecified atom stereocenters. The summed E-state index contributed by atoms with van der Waals surface area (Å²) in [6, 6.07) is 5.99. The standard InChI is InChI=1S/C15H19N3O/c1-2-6-16-13(3-1)9-14-17-10-15(19-14)11-18-7-4-12(15)5-8-18/h1-3,6,12H,4-5,7-11H2. The number of hydrogen-bond donors (Lipinski definition) is 0. The van der Waals surface area contributed by atoms with Crippen molar-refractivity contribution in [2.75, 3.05) is 26.2 Å². The summed E-state index contributed by atoms with van der Waals surface area (Å²) < 4.78 is 6.30. The highest BCUT2D eigenvalue weighted by atomic mass is 16.5. The lowest BCUT2D eigenvalue weighted by Gasteiger charge is -2.50. The van der Waals surface area contributed by atoms with Crippen molar-refractivity contribution in [2.45, 2.75) is 24.9 Å². The van der Waals surface area contributed by atoms with Crippen molar-refractivity contribution < 1.29 is 4.74 Å². The second-order valence-electron chi connectivity index (χ2n) is 5.93. The third-order valence-electron chi connectivity index (χ3n) is 4.73. The molecule has 4 nitrogen and oxygen atoms in total. The number of ether oxygens (including phenoxy) is 1. The Kier molecular flexibility index (Phi) is 2.58. The van der Waals surface area contributed by atoms with E-state index in [-0.39, 0.29) is 5.60 Å². The molecule has 0 radical (unpaired) electrons. The number of aliphatic imine (C=N–C) groups is 1. The molecule has 0 aromatic carbocycles. The second kappa shape index (κ2) is 4.30. The Balaban J connectivity index is 1.48. The van der Waals surface area contributed by atoms with Crippen LogP contribution in [0.1, 0.15) is 18.5 Å². The van der Waals surface area contributed by atoms with Crippen LogP contribution < -0.4 is 0 Å². The van der Waals surface area contributed by atoms with Gasteiger partial charge in [-0.05, 0) is 38.1 Å². The van der Waals surface area contributed by atoms with Gasteiger partial charge in [-0.25, -0.2) is 0 Å². The summed E-state index contributed by atoms with van der Waals surface area (Å²) in [4.78, 5) is 11.5. The van der Waals surface area contributed by atoms with E-state index in [1.165, 1.54) is 25.9 Å². The van der Waals surface area contributed by atoms with Crippen LogP contribution in [0.4, 0.5) is 0 Å². The Labute approximate surface area is 113 Å². The van der Waals surface area contributed by atoms with Crippen LogP contribution in [0.25, 0.3) is 0 Å². The van der Waals surface area contributed by atoms with Crippen molar-refractivity contribution in [2.24, 2.45) is 10.9 Å². The first-order valence-corrected chi connectivity index (χ1v) is 7.19. The van der Waals surface area contributed by atoms with Crippen molar-refractivity contribution in [1.29, 1.82) is 0 Å². The summed E-state index contributed by atoms with van der Waals surface area (Å²) in [7, 11) is 0. The van der Waals surface area contributed by atoms with E-state index < -0.39 is 0 Å². The van der Waals surface area contributed by atoms with Crippen LogP contribution in [0, 0.1) is 5.92 Å². The highest BCUT2D eigenvalue weighted by Crippen LogP contribution is 2.41. The van der Waals surface area contributed by atoms with Crippen LogP contribution in [-0.4, -0.2) is 47.6 Å². The number of nitrogens with zero attached hydrogens (tertiary/aromatic N) is 3. The van der Waals surface area contributed by atoms with Gasteiger partial charge in [-0.2, -0.15) is 0 Å². The van der Waals surface area contributed by atoms with E-state index in [1.807, 2.05) is 24.4 Å². The fraction of sp³-hybridized carbons (Fsp3) is 0.600. The van der Waals surface area contributed by atoms with Crippen molar-refractivity contribution in [3.05, 3.63) is 30.1 Å². The summed E-state index contributed by atoms with van der Waals surface area (Å²) in [5.74, 6) is 1.58. The molecule has 4 aliphatic heterocycles. The molecule has 3 fully saturated rings. The van der Waals surface area contributed by atoms with Crippen molar-refractivity contribution in [3.63, 3.8) is 0 Å². The molecule has 0 amide bonds. The summed E-state index contributed by atoms with van der Waals surface area (Å²) in [6.07, 6.45) is 5.10. The molecule has 19 heavy (non-hydrogen) atoms. The molecule has 1 spiro atoms. The zero-order valence-corrected chi connectivity index (χ0v) is 11.1. The summed E-state index contributed by atoms with van der Waals surface area (Å²) in [6.45, 7) is 4.39. The number of rotatable bonds is 2. The molecule has 4 aliphatic rings. The molecule has 5 heterocycles. The van der Waals surface area contributed by atoms with Gasteiger partial charge in [-0.3, -0.25) is 14.9 Å². The monoisotopic (exact) mass is 257 g/mol. The SMILES string of the molecule is c1ccc(CC2=NCC3(CN4CCC3CC4)O2)nc1. The molecule has 0 saturated carbocycles. The van der Waals surface area contributed by atoms with Gasteiger partial charge in [0.25, 0.3) is 0 Å². The molecule has 5 rings (SSSR count). The summed E-state index contributed by atoms with van der Waals surface area (Å²) in [5.41, 5.74) is 1.03. The Morgan fingerprint density at radius 2 is 2.21 bits per heavy atom. The van der Waals surface area contributed by atoms with Gasteiger partial charge in [-0.1, -0.05) is 6.07 Å². The first-order chi connectivity index (χ1) is 9.34. The smallest absolute Gasteiger partial charge is 0.190 e. The van der Waals surface area contributed by atoms with Crippen LogP contribution in [0.2, 0.25) is 0 Å². The molecule has 0 aliphatic carbocycles. The van der Waals surface area contributed by atoms with E-state index in [4.69, 9.17) is 4.74 Å². The predicted octanol–water partition coefficient (Wildman–Crippen LogP) is 1.52. The van der Waals surface area contributed by atoms with Gasteiger partial charge in [0.05, 0.1) is 13.0 Å². The molecule has 100 valence electrons. The molecule has 1 atom stereocenters. The maximum Gasteiger partial charge on any atom is 0.190 e. The third-order valence-corrected chi connectivity index (χ3v) is 4.73. The van der Waals surface area contributed by atoms with Crippen molar-refractivity contribution in [3.8, 4) is 0 Å².